The Labute approximate surface area is 94.6 Å². The van der Waals surface area contributed by atoms with Gasteiger partial charge in [0.1, 0.15) is 6.10 Å². The Morgan fingerprint density at radius 2 is 2.19 bits per heavy atom. The van der Waals surface area contributed by atoms with E-state index in [1.54, 1.807) is 19.1 Å². The summed E-state index contributed by atoms with van der Waals surface area (Å²) in [5, 5.41) is 0. The van der Waals surface area contributed by atoms with Crippen LogP contribution in [-0.4, -0.2) is 30.6 Å². The molecule has 1 aliphatic rings. The molecule has 4 nitrogen and oxygen atoms in total. The Balaban J connectivity index is 2.03. The number of carbonyl (C=O) groups is 1. The highest BCUT2D eigenvalue weighted by atomic mass is 16.5. The number of aryl methyl sites for hydroxylation is 1. The van der Waals surface area contributed by atoms with Gasteiger partial charge < -0.3 is 9.47 Å². The lowest BCUT2D eigenvalue weighted by Crippen LogP contribution is -2.26. The summed E-state index contributed by atoms with van der Waals surface area (Å²) in [6.45, 7) is 3.30. The molecular weight excluding hydrogens is 206 g/mol. The second-order valence-corrected chi connectivity index (χ2v) is 3.87. The van der Waals surface area contributed by atoms with E-state index in [4.69, 9.17) is 9.47 Å². The lowest BCUT2D eigenvalue weighted by molar-refractivity contribution is 0.0237. The lowest BCUT2D eigenvalue weighted by Gasteiger charge is -2.22. The zero-order chi connectivity index (χ0) is 11.4. The molecule has 0 spiro atoms. The normalized spacial score (nSPS) is 17.1. The molecule has 1 saturated heterocycles. The van der Waals surface area contributed by atoms with Crippen molar-refractivity contribution in [2.45, 2.75) is 25.9 Å². The Bertz CT molecular complexity index is 373. The van der Waals surface area contributed by atoms with Crippen molar-refractivity contribution in [2.75, 3.05) is 13.2 Å². The van der Waals surface area contributed by atoms with Crippen LogP contribution in [-0.2, 0) is 4.74 Å². The Hall–Kier alpha value is -1.42. The molecule has 0 bridgehead atoms. The number of hydrogen-bond acceptors (Lipinski definition) is 4. The first-order valence-electron chi connectivity index (χ1n) is 5.47. The molecule has 1 fully saturated rings. The lowest BCUT2D eigenvalue weighted by atomic mass is 10.1. The Kier molecular flexibility index (Phi) is 3.51. The van der Waals surface area contributed by atoms with E-state index in [9.17, 15) is 4.79 Å². The van der Waals surface area contributed by atoms with Gasteiger partial charge in [-0.25, -0.2) is 4.98 Å². The number of nitrogens with zero attached hydrogens (tertiary/aromatic N) is 1. The van der Waals surface area contributed by atoms with Gasteiger partial charge in [0, 0.05) is 24.5 Å². The fourth-order valence-corrected chi connectivity index (χ4v) is 1.70. The highest BCUT2D eigenvalue weighted by Crippen LogP contribution is 2.17. The molecule has 0 atom stereocenters. The number of rotatable bonds is 3. The van der Waals surface area contributed by atoms with Crippen molar-refractivity contribution < 1.29 is 14.3 Å². The van der Waals surface area contributed by atoms with Crippen molar-refractivity contribution in [3.05, 3.63) is 23.4 Å². The average molecular weight is 221 g/mol. The van der Waals surface area contributed by atoms with Crippen LogP contribution >= 0.6 is 0 Å². The number of aromatic nitrogens is 1. The molecule has 86 valence electrons. The molecule has 16 heavy (non-hydrogen) atoms. The maximum atomic E-state index is 10.6. The van der Waals surface area contributed by atoms with E-state index in [1.807, 2.05) is 0 Å². The third-order valence-corrected chi connectivity index (χ3v) is 2.68. The minimum Gasteiger partial charge on any atom is -0.474 e. The highest BCUT2D eigenvalue weighted by molar-refractivity contribution is 5.76. The maximum Gasteiger partial charge on any atom is 0.213 e. The number of carbonyl (C=O) groups excluding carboxylic acids is 1. The van der Waals surface area contributed by atoms with Crippen LogP contribution in [0.4, 0.5) is 0 Å². The predicted octanol–water partition coefficient (Wildman–Crippen LogP) is 1.76. The van der Waals surface area contributed by atoms with Crippen molar-refractivity contribution in [3.63, 3.8) is 0 Å². The van der Waals surface area contributed by atoms with Crippen LogP contribution in [0.1, 0.15) is 28.9 Å². The van der Waals surface area contributed by atoms with E-state index >= 15 is 0 Å². The van der Waals surface area contributed by atoms with Gasteiger partial charge in [-0.05, 0) is 13.0 Å². The second-order valence-electron chi connectivity index (χ2n) is 3.87. The largest absolute Gasteiger partial charge is 0.474 e. The summed E-state index contributed by atoms with van der Waals surface area (Å²) in [6, 6.07) is 3.48. The van der Waals surface area contributed by atoms with Crippen LogP contribution in [0.25, 0.3) is 0 Å². The molecule has 1 aliphatic heterocycles. The molecule has 0 aliphatic carbocycles. The maximum absolute atomic E-state index is 10.6. The van der Waals surface area contributed by atoms with Crippen molar-refractivity contribution in [1.82, 2.24) is 4.98 Å². The first-order valence-corrected chi connectivity index (χ1v) is 5.47. The van der Waals surface area contributed by atoms with Gasteiger partial charge in [0.25, 0.3) is 0 Å². The van der Waals surface area contributed by atoms with E-state index in [0.717, 1.165) is 32.3 Å². The Morgan fingerprint density at radius 3 is 2.81 bits per heavy atom. The number of ether oxygens (including phenoxy) is 2. The first-order chi connectivity index (χ1) is 7.79. The molecule has 0 radical (unpaired) electrons. The highest BCUT2D eigenvalue weighted by Gasteiger charge is 2.15. The number of pyridine rings is 1. The number of hydrogen-bond donors (Lipinski definition) is 0. The van der Waals surface area contributed by atoms with Crippen LogP contribution in [0.15, 0.2) is 12.1 Å². The Morgan fingerprint density at radius 1 is 1.44 bits per heavy atom. The average Bonchev–Trinajstić information content (AvgIpc) is 2.31. The fourth-order valence-electron chi connectivity index (χ4n) is 1.70. The molecule has 0 unspecified atom stereocenters. The molecule has 1 aromatic heterocycles. The standard InChI is InChI=1S/C12H15NO3/c1-9-10(8-14)2-3-12(13-9)16-11-4-6-15-7-5-11/h2-3,8,11H,4-7H2,1H3. The molecule has 1 aromatic rings. The summed E-state index contributed by atoms with van der Waals surface area (Å²) in [5.74, 6) is 0.593. The van der Waals surface area contributed by atoms with Crippen LogP contribution in [0.3, 0.4) is 0 Å². The molecule has 0 amide bonds. The van der Waals surface area contributed by atoms with Gasteiger partial charge >= 0.3 is 0 Å². The molecule has 0 saturated carbocycles. The van der Waals surface area contributed by atoms with E-state index < -0.39 is 0 Å². The zero-order valence-corrected chi connectivity index (χ0v) is 9.31. The molecule has 0 aromatic carbocycles. The zero-order valence-electron chi connectivity index (χ0n) is 9.31. The summed E-state index contributed by atoms with van der Waals surface area (Å²) in [5.41, 5.74) is 1.32. The van der Waals surface area contributed by atoms with E-state index in [2.05, 4.69) is 4.98 Å². The third-order valence-electron chi connectivity index (χ3n) is 2.68. The monoisotopic (exact) mass is 221 g/mol. The van der Waals surface area contributed by atoms with Crippen LogP contribution < -0.4 is 4.74 Å². The second kappa shape index (κ2) is 5.07. The summed E-state index contributed by atoms with van der Waals surface area (Å²) in [6.07, 6.45) is 2.79. The van der Waals surface area contributed by atoms with Gasteiger partial charge in [0.05, 0.1) is 18.9 Å². The smallest absolute Gasteiger partial charge is 0.213 e. The number of aldehydes is 1. The summed E-state index contributed by atoms with van der Waals surface area (Å²) < 4.78 is 11.0. The van der Waals surface area contributed by atoms with Crippen LogP contribution in [0.5, 0.6) is 5.88 Å². The molecule has 2 rings (SSSR count). The molecule has 0 N–H and O–H groups in total. The van der Waals surface area contributed by atoms with Gasteiger partial charge in [0.15, 0.2) is 6.29 Å². The van der Waals surface area contributed by atoms with E-state index in [-0.39, 0.29) is 6.10 Å². The van der Waals surface area contributed by atoms with Crippen LogP contribution in [0, 0.1) is 6.92 Å². The molecule has 4 heteroatoms. The fraction of sp³-hybridized carbons (Fsp3) is 0.500. The quantitative estimate of drug-likeness (QED) is 0.730. The topological polar surface area (TPSA) is 48.4 Å². The van der Waals surface area contributed by atoms with Crippen LogP contribution in [0.2, 0.25) is 0 Å². The van der Waals surface area contributed by atoms with Crippen molar-refractivity contribution in [2.24, 2.45) is 0 Å². The summed E-state index contributed by atoms with van der Waals surface area (Å²) in [4.78, 5) is 14.9. The van der Waals surface area contributed by atoms with Crippen molar-refractivity contribution in [3.8, 4) is 5.88 Å². The van der Waals surface area contributed by atoms with Gasteiger partial charge in [-0.1, -0.05) is 0 Å². The van der Waals surface area contributed by atoms with Gasteiger partial charge in [-0.2, -0.15) is 0 Å². The summed E-state index contributed by atoms with van der Waals surface area (Å²) in [7, 11) is 0. The van der Waals surface area contributed by atoms with E-state index in [1.165, 1.54) is 0 Å². The van der Waals surface area contributed by atoms with Crippen molar-refractivity contribution >= 4 is 6.29 Å². The third kappa shape index (κ3) is 2.58. The van der Waals surface area contributed by atoms with Gasteiger partial charge in [-0.3, -0.25) is 4.79 Å². The molecule has 2 heterocycles. The predicted molar refractivity (Wildman–Crippen MR) is 58.8 cm³/mol. The van der Waals surface area contributed by atoms with Gasteiger partial charge in [-0.15, -0.1) is 0 Å². The van der Waals surface area contributed by atoms with E-state index in [0.29, 0.717) is 17.1 Å². The minimum atomic E-state index is 0.183. The van der Waals surface area contributed by atoms with Gasteiger partial charge in [0.2, 0.25) is 5.88 Å². The minimum absolute atomic E-state index is 0.183. The SMILES string of the molecule is Cc1nc(OC2CCOCC2)ccc1C=O. The first kappa shape index (κ1) is 11.1. The van der Waals surface area contributed by atoms with Crippen molar-refractivity contribution in [1.29, 1.82) is 0 Å². The molecular formula is C12H15NO3. The summed E-state index contributed by atoms with van der Waals surface area (Å²) >= 11 is 0.